The highest BCUT2D eigenvalue weighted by Crippen LogP contribution is 2.16. The Labute approximate surface area is 95.3 Å². The van der Waals surface area contributed by atoms with E-state index in [1.54, 1.807) is 0 Å². The number of rotatable bonds is 10. The summed E-state index contributed by atoms with van der Waals surface area (Å²) in [4.78, 5) is 0. The van der Waals surface area contributed by atoms with Gasteiger partial charge in [-0.1, -0.05) is 39.2 Å². The van der Waals surface area contributed by atoms with Crippen LogP contribution >= 0.6 is 0 Å². The van der Waals surface area contributed by atoms with Crippen LogP contribution in [-0.2, 0) is 0 Å². The first-order chi connectivity index (χ1) is 7.26. The maximum absolute atomic E-state index is 5.58. The van der Waals surface area contributed by atoms with Crippen LogP contribution in [0.2, 0.25) is 0 Å². The topological polar surface area (TPSA) is 38.0 Å². The monoisotopic (exact) mass is 212 g/mol. The number of allylic oxidation sites excluding steroid dienone is 1. The van der Waals surface area contributed by atoms with Gasteiger partial charge in [-0.3, -0.25) is 11.3 Å². The van der Waals surface area contributed by atoms with Gasteiger partial charge >= 0.3 is 0 Å². The zero-order valence-electron chi connectivity index (χ0n) is 10.5. The summed E-state index contributed by atoms with van der Waals surface area (Å²) in [6, 6.07) is 0.494. The molecule has 90 valence electrons. The molecule has 0 spiro atoms. The summed E-state index contributed by atoms with van der Waals surface area (Å²) in [5, 5.41) is 0. The Morgan fingerprint density at radius 2 is 2.00 bits per heavy atom. The minimum atomic E-state index is 0.494. The average Bonchev–Trinajstić information content (AvgIpc) is 2.23. The second kappa shape index (κ2) is 10.2. The van der Waals surface area contributed by atoms with Crippen LogP contribution in [0.25, 0.3) is 0 Å². The standard InChI is InChI=1S/C13H28N2/c1-4-6-7-8-9-11-13(15-14)12(3)10-5-2/h4,12-13,15H,1,5-11,14H2,2-3H3. The second-order valence-corrected chi connectivity index (χ2v) is 4.47. The van der Waals surface area contributed by atoms with Crippen molar-refractivity contribution in [2.75, 3.05) is 0 Å². The lowest BCUT2D eigenvalue weighted by atomic mass is 9.93. The van der Waals surface area contributed by atoms with E-state index in [0.29, 0.717) is 12.0 Å². The van der Waals surface area contributed by atoms with Gasteiger partial charge in [-0.05, 0) is 31.6 Å². The van der Waals surface area contributed by atoms with E-state index in [2.05, 4.69) is 25.9 Å². The van der Waals surface area contributed by atoms with Crippen LogP contribution in [0, 0.1) is 5.92 Å². The summed E-state index contributed by atoms with van der Waals surface area (Å²) in [7, 11) is 0. The van der Waals surface area contributed by atoms with Crippen molar-refractivity contribution in [3.8, 4) is 0 Å². The fourth-order valence-electron chi connectivity index (χ4n) is 2.02. The van der Waals surface area contributed by atoms with E-state index in [-0.39, 0.29) is 0 Å². The first kappa shape index (κ1) is 14.7. The molecular formula is C13H28N2. The molecule has 2 atom stereocenters. The smallest absolute Gasteiger partial charge is 0.0236 e. The summed E-state index contributed by atoms with van der Waals surface area (Å²) >= 11 is 0. The van der Waals surface area contributed by atoms with Crippen LogP contribution in [0.3, 0.4) is 0 Å². The molecule has 0 saturated carbocycles. The molecule has 0 fully saturated rings. The predicted molar refractivity (Wildman–Crippen MR) is 68.5 cm³/mol. The number of nitrogens with two attached hydrogens (primary N) is 1. The molecule has 0 aromatic heterocycles. The van der Waals surface area contributed by atoms with Gasteiger partial charge in [0.05, 0.1) is 0 Å². The van der Waals surface area contributed by atoms with Gasteiger partial charge in [-0.2, -0.15) is 0 Å². The van der Waals surface area contributed by atoms with Crippen LogP contribution in [0.15, 0.2) is 12.7 Å². The molecule has 0 bridgehead atoms. The Bertz CT molecular complexity index is 145. The zero-order valence-corrected chi connectivity index (χ0v) is 10.5. The van der Waals surface area contributed by atoms with E-state index >= 15 is 0 Å². The fourth-order valence-corrected chi connectivity index (χ4v) is 2.02. The Hall–Kier alpha value is -0.340. The lowest BCUT2D eigenvalue weighted by Crippen LogP contribution is -2.39. The van der Waals surface area contributed by atoms with Crippen molar-refractivity contribution < 1.29 is 0 Å². The molecule has 0 aliphatic heterocycles. The number of nitrogens with one attached hydrogen (secondary N) is 1. The van der Waals surface area contributed by atoms with Gasteiger partial charge in [0.1, 0.15) is 0 Å². The third-order valence-electron chi connectivity index (χ3n) is 3.07. The van der Waals surface area contributed by atoms with Gasteiger partial charge in [0.2, 0.25) is 0 Å². The zero-order chi connectivity index (χ0) is 11.5. The Kier molecular flexibility index (Phi) is 9.96. The molecule has 0 aliphatic rings. The highest BCUT2D eigenvalue weighted by atomic mass is 15.2. The van der Waals surface area contributed by atoms with Crippen LogP contribution in [-0.4, -0.2) is 6.04 Å². The van der Waals surface area contributed by atoms with Crippen LogP contribution in [0.4, 0.5) is 0 Å². The SMILES string of the molecule is C=CCCCCCC(NN)C(C)CCC. The molecule has 0 aliphatic carbocycles. The van der Waals surface area contributed by atoms with Crippen molar-refractivity contribution in [1.29, 1.82) is 0 Å². The lowest BCUT2D eigenvalue weighted by Gasteiger charge is -2.22. The van der Waals surface area contributed by atoms with Crippen LogP contribution in [0.1, 0.15) is 58.8 Å². The number of unbranched alkanes of at least 4 members (excludes halogenated alkanes) is 3. The first-order valence-corrected chi connectivity index (χ1v) is 6.33. The molecule has 3 N–H and O–H groups in total. The Morgan fingerprint density at radius 3 is 2.53 bits per heavy atom. The van der Waals surface area contributed by atoms with Crippen LogP contribution < -0.4 is 11.3 Å². The van der Waals surface area contributed by atoms with E-state index in [1.165, 1.54) is 38.5 Å². The van der Waals surface area contributed by atoms with E-state index in [0.717, 1.165) is 6.42 Å². The molecule has 2 nitrogen and oxygen atoms in total. The third-order valence-corrected chi connectivity index (χ3v) is 3.07. The third kappa shape index (κ3) is 7.57. The molecule has 15 heavy (non-hydrogen) atoms. The summed E-state index contributed by atoms with van der Waals surface area (Å²) < 4.78 is 0. The molecule has 0 radical (unpaired) electrons. The Balaban J connectivity index is 3.55. The molecular weight excluding hydrogens is 184 g/mol. The number of hydrazine groups is 1. The number of hydrogen-bond donors (Lipinski definition) is 2. The maximum Gasteiger partial charge on any atom is 0.0236 e. The second-order valence-electron chi connectivity index (χ2n) is 4.47. The lowest BCUT2D eigenvalue weighted by molar-refractivity contribution is 0.332. The van der Waals surface area contributed by atoms with Gasteiger partial charge in [0.15, 0.2) is 0 Å². The van der Waals surface area contributed by atoms with E-state index in [1.807, 2.05) is 6.08 Å². The average molecular weight is 212 g/mol. The molecule has 2 unspecified atom stereocenters. The molecule has 2 heteroatoms. The summed E-state index contributed by atoms with van der Waals surface area (Å²) in [6.45, 7) is 8.25. The molecule has 0 aromatic rings. The normalized spacial score (nSPS) is 14.9. The van der Waals surface area contributed by atoms with Crippen molar-refractivity contribution >= 4 is 0 Å². The quantitative estimate of drug-likeness (QED) is 0.252. The van der Waals surface area contributed by atoms with Crippen molar-refractivity contribution in [3.05, 3.63) is 12.7 Å². The van der Waals surface area contributed by atoms with Crippen molar-refractivity contribution in [2.24, 2.45) is 11.8 Å². The molecule has 0 saturated heterocycles. The largest absolute Gasteiger partial charge is 0.271 e. The van der Waals surface area contributed by atoms with Gasteiger partial charge in [0.25, 0.3) is 0 Å². The van der Waals surface area contributed by atoms with Gasteiger partial charge in [-0.15, -0.1) is 6.58 Å². The van der Waals surface area contributed by atoms with Gasteiger partial charge in [-0.25, -0.2) is 0 Å². The minimum Gasteiger partial charge on any atom is -0.271 e. The Morgan fingerprint density at radius 1 is 1.27 bits per heavy atom. The molecule has 0 aromatic carbocycles. The number of hydrogen-bond acceptors (Lipinski definition) is 2. The van der Waals surface area contributed by atoms with Crippen LogP contribution in [0.5, 0.6) is 0 Å². The van der Waals surface area contributed by atoms with Crippen molar-refractivity contribution in [2.45, 2.75) is 64.8 Å². The van der Waals surface area contributed by atoms with E-state index < -0.39 is 0 Å². The van der Waals surface area contributed by atoms with Gasteiger partial charge in [0, 0.05) is 6.04 Å². The molecule has 0 amide bonds. The highest BCUT2D eigenvalue weighted by Gasteiger charge is 2.13. The highest BCUT2D eigenvalue weighted by molar-refractivity contribution is 4.71. The summed E-state index contributed by atoms with van der Waals surface area (Å²) in [6.07, 6.45) is 10.7. The first-order valence-electron chi connectivity index (χ1n) is 6.33. The predicted octanol–water partition coefficient (Wildman–Crippen LogP) is 3.39. The van der Waals surface area contributed by atoms with Crippen molar-refractivity contribution in [1.82, 2.24) is 5.43 Å². The molecule has 0 heterocycles. The maximum atomic E-state index is 5.58. The van der Waals surface area contributed by atoms with E-state index in [4.69, 9.17) is 5.84 Å². The fraction of sp³-hybridized carbons (Fsp3) is 0.846. The van der Waals surface area contributed by atoms with E-state index in [9.17, 15) is 0 Å². The van der Waals surface area contributed by atoms with Crippen molar-refractivity contribution in [3.63, 3.8) is 0 Å². The minimum absolute atomic E-state index is 0.494. The summed E-state index contributed by atoms with van der Waals surface area (Å²) in [5.74, 6) is 6.27. The van der Waals surface area contributed by atoms with Gasteiger partial charge < -0.3 is 0 Å². The molecule has 0 rings (SSSR count). The summed E-state index contributed by atoms with van der Waals surface area (Å²) in [5.41, 5.74) is 2.96.